The van der Waals surface area contributed by atoms with Crippen molar-refractivity contribution in [3.8, 4) is 5.75 Å². The Balaban J connectivity index is 1.82. The lowest BCUT2D eigenvalue weighted by atomic mass is 10.0. The van der Waals surface area contributed by atoms with Gasteiger partial charge in [0, 0.05) is 24.5 Å². The number of aromatic hydroxyl groups is 1. The third kappa shape index (κ3) is 2.33. The van der Waals surface area contributed by atoms with Crippen molar-refractivity contribution in [2.24, 2.45) is 4.99 Å². The van der Waals surface area contributed by atoms with Crippen LogP contribution in [0.3, 0.4) is 0 Å². The fraction of sp³-hybridized carbons (Fsp3) is 0.312. The molecule has 22 heavy (non-hydrogen) atoms. The number of carbonyl (C=O) groups is 2. The van der Waals surface area contributed by atoms with E-state index >= 15 is 0 Å². The molecule has 6 heteroatoms. The molecule has 1 fully saturated rings. The van der Waals surface area contributed by atoms with Gasteiger partial charge in [-0.15, -0.1) is 11.8 Å². The van der Waals surface area contributed by atoms with Crippen LogP contribution in [0.4, 0.5) is 0 Å². The highest BCUT2D eigenvalue weighted by atomic mass is 32.2. The standard InChI is InChI=1S/C16H16N2O3S/c1-9-8-22-16-13(15(21)18(16)14(9)10(2)19)17-7-11-5-3-4-6-12(11)20/h3-7,13,16,20H,8H2,1-2H3. The molecule has 2 heterocycles. The number of phenols is 1. The summed E-state index contributed by atoms with van der Waals surface area (Å²) in [5.41, 5.74) is 2.03. The maximum Gasteiger partial charge on any atom is 0.256 e. The molecular formula is C16H16N2O3S. The van der Waals surface area contributed by atoms with Crippen LogP contribution in [0.25, 0.3) is 0 Å². The van der Waals surface area contributed by atoms with Gasteiger partial charge in [0.15, 0.2) is 11.8 Å². The molecule has 1 aromatic rings. The topological polar surface area (TPSA) is 70.0 Å². The average Bonchev–Trinajstić information content (AvgIpc) is 2.49. The van der Waals surface area contributed by atoms with E-state index in [1.165, 1.54) is 13.1 Å². The van der Waals surface area contributed by atoms with Crippen LogP contribution in [-0.2, 0) is 9.59 Å². The molecule has 5 nitrogen and oxygen atoms in total. The number of fused-ring (bicyclic) bond motifs is 1. The number of β-lactam (4-membered cyclic amide) rings is 1. The van der Waals surface area contributed by atoms with E-state index in [1.807, 2.05) is 6.92 Å². The maximum absolute atomic E-state index is 12.3. The number of ketones is 1. The molecule has 1 N–H and O–H groups in total. The third-order valence-electron chi connectivity index (χ3n) is 3.78. The molecule has 114 valence electrons. The van der Waals surface area contributed by atoms with Crippen molar-refractivity contribution in [1.29, 1.82) is 0 Å². The van der Waals surface area contributed by atoms with Crippen LogP contribution in [0.5, 0.6) is 5.75 Å². The number of nitrogens with zero attached hydrogens (tertiary/aromatic N) is 2. The summed E-state index contributed by atoms with van der Waals surface area (Å²) in [5, 5.41) is 9.59. The Kier molecular flexibility index (Phi) is 3.78. The van der Waals surface area contributed by atoms with E-state index in [0.717, 1.165) is 11.3 Å². The van der Waals surface area contributed by atoms with Gasteiger partial charge in [-0.2, -0.15) is 0 Å². The first-order chi connectivity index (χ1) is 10.5. The van der Waals surface area contributed by atoms with Crippen LogP contribution in [0, 0.1) is 0 Å². The van der Waals surface area contributed by atoms with Crippen LogP contribution in [0.2, 0.25) is 0 Å². The molecule has 0 aromatic heterocycles. The number of amides is 1. The molecule has 0 spiro atoms. The first-order valence-corrected chi connectivity index (χ1v) is 8.02. The van der Waals surface area contributed by atoms with Crippen molar-refractivity contribution in [3.63, 3.8) is 0 Å². The number of rotatable bonds is 3. The van der Waals surface area contributed by atoms with E-state index < -0.39 is 6.04 Å². The molecule has 0 radical (unpaired) electrons. The predicted octanol–water partition coefficient (Wildman–Crippen LogP) is 1.96. The quantitative estimate of drug-likeness (QED) is 0.683. The highest BCUT2D eigenvalue weighted by molar-refractivity contribution is 8.00. The van der Waals surface area contributed by atoms with Crippen LogP contribution < -0.4 is 0 Å². The zero-order valence-electron chi connectivity index (χ0n) is 12.3. The highest BCUT2D eigenvalue weighted by Gasteiger charge is 2.52. The number of thioether (sulfide) groups is 1. The first kappa shape index (κ1) is 14.8. The number of allylic oxidation sites excluding steroid dienone is 1. The number of Topliss-reactive ketones (excluding diaryl/α,β-unsaturated/α-hetero) is 1. The van der Waals surface area contributed by atoms with Gasteiger partial charge in [0.2, 0.25) is 0 Å². The summed E-state index contributed by atoms with van der Waals surface area (Å²) in [6.07, 6.45) is 1.52. The molecular weight excluding hydrogens is 300 g/mol. The van der Waals surface area contributed by atoms with Gasteiger partial charge >= 0.3 is 0 Å². The van der Waals surface area contributed by atoms with Crippen molar-refractivity contribution in [2.75, 3.05) is 5.75 Å². The van der Waals surface area contributed by atoms with Crippen LogP contribution in [0.15, 0.2) is 40.5 Å². The number of hydrogen-bond acceptors (Lipinski definition) is 5. The van der Waals surface area contributed by atoms with E-state index in [0.29, 0.717) is 11.3 Å². The zero-order valence-corrected chi connectivity index (χ0v) is 13.1. The fourth-order valence-corrected chi connectivity index (χ4v) is 3.99. The summed E-state index contributed by atoms with van der Waals surface area (Å²) in [7, 11) is 0. The predicted molar refractivity (Wildman–Crippen MR) is 86.0 cm³/mol. The minimum absolute atomic E-state index is 0.0840. The summed E-state index contributed by atoms with van der Waals surface area (Å²) < 4.78 is 0. The Morgan fingerprint density at radius 3 is 2.86 bits per heavy atom. The second-order valence-electron chi connectivity index (χ2n) is 5.38. The van der Waals surface area contributed by atoms with Crippen LogP contribution in [0.1, 0.15) is 19.4 Å². The lowest BCUT2D eigenvalue weighted by Gasteiger charge is -2.48. The monoisotopic (exact) mass is 316 g/mol. The Labute approximate surface area is 132 Å². The second kappa shape index (κ2) is 5.61. The maximum atomic E-state index is 12.3. The minimum atomic E-state index is -0.493. The number of hydrogen-bond donors (Lipinski definition) is 1. The van der Waals surface area contributed by atoms with Crippen LogP contribution >= 0.6 is 11.8 Å². The molecule has 1 aromatic carbocycles. The van der Waals surface area contributed by atoms with E-state index in [1.54, 1.807) is 40.9 Å². The van der Waals surface area contributed by atoms with Gasteiger partial charge in [-0.3, -0.25) is 19.5 Å². The number of carbonyl (C=O) groups excluding carboxylic acids is 2. The molecule has 1 saturated heterocycles. The van der Waals surface area contributed by atoms with Crippen molar-refractivity contribution < 1.29 is 14.7 Å². The number of aliphatic imine (C=N–C) groups is 1. The average molecular weight is 316 g/mol. The Bertz CT molecular complexity index is 711. The van der Waals surface area contributed by atoms with Gasteiger partial charge in [0.1, 0.15) is 11.1 Å². The van der Waals surface area contributed by atoms with E-state index in [2.05, 4.69) is 4.99 Å². The van der Waals surface area contributed by atoms with E-state index in [-0.39, 0.29) is 22.8 Å². The first-order valence-electron chi connectivity index (χ1n) is 6.97. The SMILES string of the molecule is CC(=O)C1=C(C)CSC2C(N=Cc3ccccc3O)C(=O)N12. The second-order valence-corrected chi connectivity index (χ2v) is 6.48. The normalized spacial score (nSPS) is 24.5. The Hall–Kier alpha value is -2.08. The zero-order chi connectivity index (χ0) is 15.9. The molecule has 1 amide bonds. The van der Waals surface area contributed by atoms with E-state index in [4.69, 9.17) is 0 Å². The van der Waals surface area contributed by atoms with Crippen molar-refractivity contribution >= 4 is 29.7 Å². The van der Waals surface area contributed by atoms with Gasteiger partial charge < -0.3 is 5.11 Å². The van der Waals surface area contributed by atoms with Crippen LogP contribution in [-0.4, -0.2) is 45.1 Å². The molecule has 2 atom stereocenters. The largest absolute Gasteiger partial charge is 0.507 e. The van der Waals surface area contributed by atoms with Crippen molar-refractivity contribution in [2.45, 2.75) is 25.3 Å². The lowest BCUT2D eigenvalue weighted by molar-refractivity contribution is -0.143. The molecule has 2 aliphatic heterocycles. The molecule has 0 bridgehead atoms. The molecule has 0 aliphatic carbocycles. The highest BCUT2D eigenvalue weighted by Crippen LogP contribution is 2.41. The smallest absolute Gasteiger partial charge is 0.256 e. The molecule has 3 rings (SSSR count). The number of para-hydroxylation sites is 1. The van der Waals surface area contributed by atoms with Gasteiger partial charge in [-0.25, -0.2) is 0 Å². The van der Waals surface area contributed by atoms with Crippen molar-refractivity contribution in [3.05, 3.63) is 41.1 Å². The van der Waals surface area contributed by atoms with Gasteiger partial charge in [-0.1, -0.05) is 12.1 Å². The van der Waals surface area contributed by atoms with Gasteiger partial charge in [0.05, 0.1) is 5.70 Å². The van der Waals surface area contributed by atoms with Crippen molar-refractivity contribution in [1.82, 2.24) is 4.90 Å². The Morgan fingerprint density at radius 1 is 1.45 bits per heavy atom. The molecule has 2 unspecified atom stereocenters. The third-order valence-corrected chi connectivity index (χ3v) is 5.19. The molecule has 2 aliphatic rings. The fourth-order valence-electron chi connectivity index (χ4n) is 2.70. The summed E-state index contributed by atoms with van der Waals surface area (Å²) >= 11 is 1.61. The Morgan fingerprint density at radius 2 is 2.18 bits per heavy atom. The van der Waals surface area contributed by atoms with Gasteiger partial charge in [0.25, 0.3) is 5.91 Å². The summed E-state index contributed by atoms with van der Waals surface area (Å²) in [5.74, 6) is 0.616. The van der Waals surface area contributed by atoms with Gasteiger partial charge in [-0.05, 0) is 24.6 Å². The lowest BCUT2D eigenvalue weighted by Crippen LogP contribution is -2.63. The van der Waals surface area contributed by atoms with E-state index in [9.17, 15) is 14.7 Å². The molecule has 0 saturated carbocycles. The number of benzene rings is 1. The minimum Gasteiger partial charge on any atom is -0.507 e. The summed E-state index contributed by atoms with van der Waals surface area (Å²) in [6, 6.07) is 6.34. The summed E-state index contributed by atoms with van der Waals surface area (Å²) in [4.78, 5) is 29.9. The summed E-state index contributed by atoms with van der Waals surface area (Å²) in [6.45, 7) is 3.36. The number of phenolic OH excluding ortho intramolecular Hbond substituents is 1.